The molecule has 0 saturated carbocycles. The highest BCUT2D eigenvalue weighted by Crippen LogP contribution is 2.18. The second-order valence-electron chi connectivity index (χ2n) is 5.54. The van der Waals surface area contributed by atoms with Gasteiger partial charge in [-0.25, -0.2) is 4.68 Å². The Morgan fingerprint density at radius 3 is 2.81 bits per heavy atom. The predicted octanol–water partition coefficient (Wildman–Crippen LogP) is 1.74. The minimum Gasteiger partial charge on any atom is -0.337 e. The van der Waals surface area contributed by atoms with Gasteiger partial charge in [-0.15, -0.1) is 0 Å². The van der Waals surface area contributed by atoms with Crippen LogP contribution in [0.2, 0.25) is 0 Å². The summed E-state index contributed by atoms with van der Waals surface area (Å²) in [5.41, 5.74) is 8.45. The quantitative estimate of drug-likeness (QED) is 0.913. The summed E-state index contributed by atoms with van der Waals surface area (Å²) in [6.07, 6.45) is 3.62. The van der Waals surface area contributed by atoms with Gasteiger partial charge in [-0.3, -0.25) is 4.79 Å². The van der Waals surface area contributed by atoms with Crippen molar-refractivity contribution >= 4 is 5.91 Å². The molecule has 1 unspecified atom stereocenters. The highest BCUT2D eigenvalue weighted by atomic mass is 16.2. The maximum Gasteiger partial charge on any atom is 0.257 e. The van der Waals surface area contributed by atoms with Gasteiger partial charge in [0.15, 0.2) is 0 Å². The van der Waals surface area contributed by atoms with Crippen LogP contribution in [0.1, 0.15) is 28.9 Å². The molecule has 1 aromatic heterocycles. The van der Waals surface area contributed by atoms with Gasteiger partial charge in [0.25, 0.3) is 5.91 Å². The minimum absolute atomic E-state index is 0.0323. The van der Waals surface area contributed by atoms with E-state index in [0.29, 0.717) is 12.1 Å². The van der Waals surface area contributed by atoms with E-state index in [1.54, 1.807) is 10.9 Å². The summed E-state index contributed by atoms with van der Waals surface area (Å²) in [4.78, 5) is 14.5. The van der Waals surface area contributed by atoms with Crippen LogP contribution in [0.5, 0.6) is 0 Å². The van der Waals surface area contributed by atoms with Crippen LogP contribution in [-0.4, -0.2) is 39.7 Å². The van der Waals surface area contributed by atoms with E-state index < -0.39 is 0 Å². The van der Waals surface area contributed by atoms with Gasteiger partial charge in [0.05, 0.1) is 23.1 Å². The Morgan fingerprint density at radius 2 is 2.10 bits per heavy atom. The van der Waals surface area contributed by atoms with Crippen molar-refractivity contribution in [3.63, 3.8) is 0 Å². The lowest BCUT2D eigenvalue weighted by molar-refractivity contribution is 0.0708. The van der Waals surface area contributed by atoms with Crippen LogP contribution in [-0.2, 0) is 0 Å². The molecule has 1 aliphatic heterocycles. The van der Waals surface area contributed by atoms with Crippen LogP contribution in [0, 0.1) is 6.92 Å². The second-order valence-corrected chi connectivity index (χ2v) is 5.54. The minimum atomic E-state index is 0.0323. The van der Waals surface area contributed by atoms with Gasteiger partial charge < -0.3 is 10.6 Å². The third kappa shape index (κ3) is 2.69. The Kier molecular flexibility index (Phi) is 3.75. The largest absolute Gasteiger partial charge is 0.337 e. The molecule has 5 heteroatoms. The number of hydrogen-bond acceptors (Lipinski definition) is 3. The maximum absolute atomic E-state index is 12.6. The number of amides is 1. The van der Waals surface area contributed by atoms with E-state index in [0.717, 1.165) is 30.8 Å². The molecule has 2 aromatic rings. The van der Waals surface area contributed by atoms with Crippen molar-refractivity contribution in [3.05, 3.63) is 47.8 Å². The SMILES string of the molecule is Cc1c(C(=O)N2CCCC(N)C2)cnn1-c1ccccc1. The average molecular weight is 284 g/mol. The number of nitrogens with zero attached hydrogens (tertiary/aromatic N) is 3. The lowest BCUT2D eigenvalue weighted by atomic mass is 10.1. The molecule has 0 aliphatic carbocycles. The molecule has 0 bridgehead atoms. The standard InChI is InChI=1S/C16H20N4O/c1-12-15(16(21)19-9-5-6-13(17)11-19)10-18-20(12)14-7-3-2-4-8-14/h2-4,7-8,10,13H,5-6,9,11,17H2,1H3. The molecule has 0 radical (unpaired) electrons. The molecule has 1 aromatic carbocycles. The van der Waals surface area contributed by atoms with Crippen LogP contribution in [0.3, 0.4) is 0 Å². The predicted molar refractivity (Wildman–Crippen MR) is 81.4 cm³/mol. The molecule has 1 saturated heterocycles. The zero-order valence-corrected chi connectivity index (χ0v) is 12.2. The zero-order valence-electron chi connectivity index (χ0n) is 12.2. The van der Waals surface area contributed by atoms with Crippen LogP contribution in [0.25, 0.3) is 5.69 Å². The van der Waals surface area contributed by atoms with Crippen molar-refractivity contribution in [2.75, 3.05) is 13.1 Å². The molecular weight excluding hydrogens is 264 g/mol. The van der Waals surface area contributed by atoms with Gasteiger partial charge >= 0.3 is 0 Å². The fourth-order valence-electron chi connectivity index (χ4n) is 2.81. The number of aromatic nitrogens is 2. The van der Waals surface area contributed by atoms with Gasteiger partial charge in [-0.2, -0.15) is 5.10 Å². The number of carbonyl (C=O) groups excluding carboxylic acids is 1. The van der Waals surface area contributed by atoms with E-state index in [-0.39, 0.29) is 11.9 Å². The first-order valence-corrected chi connectivity index (χ1v) is 7.31. The van der Waals surface area contributed by atoms with Crippen molar-refractivity contribution in [1.82, 2.24) is 14.7 Å². The third-order valence-electron chi connectivity index (χ3n) is 3.99. The first-order chi connectivity index (χ1) is 10.2. The average Bonchev–Trinajstić information content (AvgIpc) is 2.89. The molecule has 0 spiro atoms. The number of carbonyl (C=O) groups is 1. The Bertz CT molecular complexity index is 635. The van der Waals surface area contributed by atoms with Crippen LogP contribution in [0.15, 0.2) is 36.5 Å². The highest BCUT2D eigenvalue weighted by Gasteiger charge is 2.25. The Morgan fingerprint density at radius 1 is 1.33 bits per heavy atom. The van der Waals surface area contributed by atoms with Crippen LogP contribution < -0.4 is 5.73 Å². The summed E-state index contributed by atoms with van der Waals surface area (Å²) in [5, 5.41) is 4.36. The normalized spacial score (nSPS) is 18.8. The maximum atomic E-state index is 12.6. The lowest BCUT2D eigenvalue weighted by Crippen LogP contribution is -2.45. The van der Waals surface area contributed by atoms with Crippen molar-refractivity contribution in [2.45, 2.75) is 25.8 Å². The molecule has 110 valence electrons. The molecule has 1 amide bonds. The molecule has 1 aliphatic rings. The zero-order chi connectivity index (χ0) is 14.8. The molecule has 1 atom stereocenters. The second kappa shape index (κ2) is 5.69. The Balaban J connectivity index is 1.87. The number of benzene rings is 1. The van der Waals surface area contributed by atoms with Gasteiger partial charge in [-0.05, 0) is 31.9 Å². The first-order valence-electron chi connectivity index (χ1n) is 7.31. The van der Waals surface area contributed by atoms with E-state index in [1.807, 2.05) is 42.2 Å². The van der Waals surface area contributed by atoms with E-state index in [1.165, 1.54) is 0 Å². The molecule has 2 heterocycles. The van der Waals surface area contributed by atoms with Gasteiger partial charge in [0.1, 0.15) is 0 Å². The number of nitrogens with two attached hydrogens (primary N) is 1. The molecule has 5 nitrogen and oxygen atoms in total. The fourth-order valence-corrected chi connectivity index (χ4v) is 2.81. The number of hydrogen-bond donors (Lipinski definition) is 1. The van der Waals surface area contributed by atoms with E-state index in [4.69, 9.17) is 5.73 Å². The van der Waals surface area contributed by atoms with Crippen LogP contribution >= 0.6 is 0 Å². The van der Waals surface area contributed by atoms with Crippen molar-refractivity contribution in [3.8, 4) is 5.69 Å². The summed E-state index contributed by atoms with van der Waals surface area (Å²) in [6, 6.07) is 9.93. The summed E-state index contributed by atoms with van der Waals surface area (Å²) >= 11 is 0. The fraction of sp³-hybridized carbons (Fsp3) is 0.375. The monoisotopic (exact) mass is 284 g/mol. The molecule has 21 heavy (non-hydrogen) atoms. The highest BCUT2D eigenvalue weighted by molar-refractivity contribution is 5.95. The molecule has 1 fully saturated rings. The summed E-state index contributed by atoms with van der Waals surface area (Å²) in [5.74, 6) is 0.0323. The first kappa shape index (κ1) is 13.8. The summed E-state index contributed by atoms with van der Waals surface area (Å²) < 4.78 is 1.80. The Labute approximate surface area is 124 Å². The van der Waals surface area contributed by atoms with Gasteiger partial charge in [-0.1, -0.05) is 18.2 Å². The molecule has 3 rings (SSSR count). The van der Waals surface area contributed by atoms with E-state index in [2.05, 4.69) is 5.10 Å². The van der Waals surface area contributed by atoms with Crippen molar-refractivity contribution < 1.29 is 4.79 Å². The summed E-state index contributed by atoms with van der Waals surface area (Å²) in [6.45, 7) is 3.34. The van der Waals surface area contributed by atoms with Gasteiger partial charge in [0.2, 0.25) is 0 Å². The molecular formula is C16H20N4O. The van der Waals surface area contributed by atoms with Crippen molar-refractivity contribution in [2.24, 2.45) is 5.73 Å². The number of para-hydroxylation sites is 1. The number of rotatable bonds is 2. The number of piperidine rings is 1. The smallest absolute Gasteiger partial charge is 0.257 e. The van der Waals surface area contributed by atoms with E-state index >= 15 is 0 Å². The Hall–Kier alpha value is -2.14. The van der Waals surface area contributed by atoms with Crippen LogP contribution in [0.4, 0.5) is 0 Å². The number of likely N-dealkylation sites (tertiary alicyclic amines) is 1. The topological polar surface area (TPSA) is 64.2 Å². The third-order valence-corrected chi connectivity index (χ3v) is 3.99. The van der Waals surface area contributed by atoms with Crippen molar-refractivity contribution in [1.29, 1.82) is 0 Å². The summed E-state index contributed by atoms with van der Waals surface area (Å²) in [7, 11) is 0. The lowest BCUT2D eigenvalue weighted by Gasteiger charge is -2.30. The molecule has 2 N–H and O–H groups in total. The van der Waals surface area contributed by atoms with E-state index in [9.17, 15) is 4.79 Å². The van der Waals surface area contributed by atoms with Gasteiger partial charge in [0, 0.05) is 19.1 Å².